The van der Waals surface area contributed by atoms with Gasteiger partial charge in [0, 0.05) is 31.6 Å². The van der Waals surface area contributed by atoms with Crippen molar-refractivity contribution in [3.63, 3.8) is 0 Å². The molecule has 1 amide bonds. The number of hydrogen-bond donors (Lipinski definition) is 1. The van der Waals surface area contributed by atoms with Crippen LogP contribution in [0, 0.1) is 6.92 Å². The Bertz CT molecular complexity index is 826. The highest BCUT2D eigenvalue weighted by atomic mass is 16.5. The third-order valence-corrected chi connectivity index (χ3v) is 4.66. The van der Waals surface area contributed by atoms with E-state index in [-0.39, 0.29) is 30.5 Å². The average molecular weight is 342 g/mol. The number of aliphatic hydroxyl groups excluding tert-OH is 1. The number of amides is 1. The molecule has 0 bridgehead atoms. The SMILES string of the molecule is COc1ccc([C@H]2CC(=O)N(c3c(C)ccn(CCO)c3=O)C2)cc1. The highest BCUT2D eigenvalue weighted by Crippen LogP contribution is 2.32. The summed E-state index contributed by atoms with van der Waals surface area (Å²) in [6.07, 6.45) is 2.03. The number of hydrogen-bond acceptors (Lipinski definition) is 4. The third kappa shape index (κ3) is 3.30. The number of anilines is 1. The number of aryl methyl sites for hydroxylation is 1. The van der Waals surface area contributed by atoms with Gasteiger partial charge in [0.1, 0.15) is 11.4 Å². The molecule has 2 aromatic rings. The molecule has 6 nitrogen and oxygen atoms in total. The van der Waals surface area contributed by atoms with Gasteiger partial charge in [-0.1, -0.05) is 12.1 Å². The molecule has 1 N–H and O–H groups in total. The first-order chi connectivity index (χ1) is 12.0. The molecule has 132 valence electrons. The van der Waals surface area contributed by atoms with E-state index in [0.29, 0.717) is 18.7 Å². The summed E-state index contributed by atoms with van der Waals surface area (Å²) in [5, 5.41) is 9.10. The number of carbonyl (C=O) groups is 1. The van der Waals surface area contributed by atoms with Gasteiger partial charge >= 0.3 is 0 Å². The minimum absolute atomic E-state index is 0.0451. The highest BCUT2D eigenvalue weighted by Gasteiger charge is 2.34. The Morgan fingerprint density at radius 1 is 1.20 bits per heavy atom. The number of aliphatic hydroxyl groups is 1. The first kappa shape index (κ1) is 17.2. The average Bonchev–Trinajstić information content (AvgIpc) is 2.99. The molecule has 0 saturated carbocycles. The van der Waals surface area contributed by atoms with Crippen LogP contribution in [0.4, 0.5) is 5.69 Å². The highest BCUT2D eigenvalue weighted by molar-refractivity contribution is 5.97. The molecule has 1 aliphatic rings. The summed E-state index contributed by atoms with van der Waals surface area (Å²) >= 11 is 0. The van der Waals surface area contributed by atoms with Crippen LogP contribution in [-0.2, 0) is 11.3 Å². The van der Waals surface area contributed by atoms with Crippen molar-refractivity contribution in [1.29, 1.82) is 0 Å². The van der Waals surface area contributed by atoms with Crippen LogP contribution < -0.4 is 15.2 Å². The van der Waals surface area contributed by atoms with E-state index in [0.717, 1.165) is 16.9 Å². The van der Waals surface area contributed by atoms with Crippen molar-refractivity contribution in [3.05, 3.63) is 58.0 Å². The molecule has 1 saturated heterocycles. The summed E-state index contributed by atoms with van der Waals surface area (Å²) in [5.74, 6) is 0.766. The molecule has 1 aliphatic heterocycles. The second-order valence-electron chi connectivity index (χ2n) is 6.25. The van der Waals surface area contributed by atoms with E-state index in [1.807, 2.05) is 31.2 Å². The van der Waals surface area contributed by atoms with E-state index >= 15 is 0 Å². The number of nitrogens with zero attached hydrogens (tertiary/aromatic N) is 2. The van der Waals surface area contributed by atoms with Crippen molar-refractivity contribution in [1.82, 2.24) is 4.57 Å². The minimum Gasteiger partial charge on any atom is -0.497 e. The lowest BCUT2D eigenvalue weighted by molar-refractivity contribution is -0.117. The second-order valence-corrected chi connectivity index (χ2v) is 6.25. The van der Waals surface area contributed by atoms with E-state index in [4.69, 9.17) is 9.84 Å². The molecule has 0 radical (unpaired) electrons. The Hall–Kier alpha value is -2.60. The standard InChI is InChI=1S/C19H22N2O4/c1-13-7-8-20(9-10-22)19(24)18(13)21-12-15(11-17(21)23)14-3-5-16(25-2)6-4-14/h3-8,15,22H,9-12H2,1-2H3/t15-/m0/s1. The van der Waals surface area contributed by atoms with Crippen LogP contribution in [0.5, 0.6) is 5.75 Å². The molecule has 6 heteroatoms. The van der Waals surface area contributed by atoms with Gasteiger partial charge in [-0.2, -0.15) is 0 Å². The maximum Gasteiger partial charge on any atom is 0.274 e. The maximum absolute atomic E-state index is 12.7. The number of carbonyl (C=O) groups excluding carboxylic acids is 1. The molecule has 1 aromatic carbocycles. The van der Waals surface area contributed by atoms with E-state index in [9.17, 15) is 9.59 Å². The van der Waals surface area contributed by atoms with Crippen molar-refractivity contribution in [2.24, 2.45) is 0 Å². The second kappa shape index (κ2) is 7.11. The number of methoxy groups -OCH3 is 1. The lowest BCUT2D eigenvalue weighted by Gasteiger charge is -2.20. The van der Waals surface area contributed by atoms with Gasteiger partial charge in [-0.15, -0.1) is 0 Å². The van der Waals surface area contributed by atoms with Gasteiger partial charge in [0.25, 0.3) is 5.56 Å². The molecule has 3 rings (SSSR count). The van der Waals surface area contributed by atoms with Gasteiger partial charge in [-0.25, -0.2) is 0 Å². The minimum atomic E-state index is -0.238. The summed E-state index contributed by atoms with van der Waals surface area (Å²) in [6, 6.07) is 9.49. The van der Waals surface area contributed by atoms with E-state index in [1.165, 1.54) is 4.57 Å². The lowest BCUT2D eigenvalue weighted by Crippen LogP contribution is -2.34. The van der Waals surface area contributed by atoms with E-state index in [2.05, 4.69) is 0 Å². The molecular weight excluding hydrogens is 320 g/mol. The van der Waals surface area contributed by atoms with Gasteiger partial charge in [0.15, 0.2) is 0 Å². The zero-order chi connectivity index (χ0) is 18.0. The van der Waals surface area contributed by atoms with Crippen LogP contribution in [-0.4, -0.2) is 35.8 Å². The summed E-state index contributed by atoms with van der Waals surface area (Å²) < 4.78 is 6.61. The molecule has 1 fully saturated rings. The van der Waals surface area contributed by atoms with Crippen LogP contribution >= 0.6 is 0 Å². The van der Waals surface area contributed by atoms with Gasteiger partial charge in [0.2, 0.25) is 5.91 Å². The zero-order valence-corrected chi connectivity index (χ0v) is 14.4. The molecule has 1 aromatic heterocycles. The smallest absolute Gasteiger partial charge is 0.274 e. The number of rotatable bonds is 5. The molecular formula is C19H22N2O4. The van der Waals surface area contributed by atoms with Gasteiger partial charge in [-0.3, -0.25) is 9.59 Å². The van der Waals surface area contributed by atoms with E-state index < -0.39 is 0 Å². The molecule has 0 spiro atoms. The Morgan fingerprint density at radius 3 is 2.56 bits per heavy atom. The summed E-state index contributed by atoms with van der Waals surface area (Å²) in [5.41, 5.74) is 2.00. The van der Waals surface area contributed by atoms with Crippen molar-refractivity contribution in [3.8, 4) is 5.75 Å². The molecule has 0 aliphatic carbocycles. The Morgan fingerprint density at radius 2 is 1.92 bits per heavy atom. The fourth-order valence-electron chi connectivity index (χ4n) is 3.29. The number of benzene rings is 1. The maximum atomic E-state index is 12.7. The first-order valence-corrected chi connectivity index (χ1v) is 8.30. The van der Waals surface area contributed by atoms with Gasteiger partial charge < -0.3 is 19.3 Å². The van der Waals surface area contributed by atoms with Crippen LogP contribution in [0.2, 0.25) is 0 Å². The summed E-state index contributed by atoms with van der Waals surface area (Å²) in [4.78, 5) is 26.8. The van der Waals surface area contributed by atoms with Crippen molar-refractivity contribution in [2.45, 2.75) is 25.8 Å². The van der Waals surface area contributed by atoms with Crippen molar-refractivity contribution >= 4 is 11.6 Å². The fraction of sp³-hybridized carbons (Fsp3) is 0.368. The monoisotopic (exact) mass is 342 g/mol. The van der Waals surface area contributed by atoms with E-state index in [1.54, 1.807) is 24.3 Å². The Labute approximate surface area is 146 Å². The third-order valence-electron chi connectivity index (χ3n) is 4.66. The number of aromatic nitrogens is 1. The summed E-state index contributed by atoms with van der Waals surface area (Å²) in [7, 11) is 1.62. The number of ether oxygens (including phenoxy) is 1. The van der Waals surface area contributed by atoms with Crippen molar-refractivity contribution in [2.75, 3.05) is 25.2 Å². The van der Waals surface area contributed by atoms with Crippen LogP contribution in [0.1, 0.15) is 23.5 Å². The topological polar surface area (TPSA) is 71.8 Å². The Balaban J connectivity index is 1.90. The Kier molecular flexibility index (Phi) is 4.90. The predicted octanol–water partition coefficient (Wildman–Crippen LogP) is 1.68. The molecule has 2 heterocycles. The summed E-state index contributed by atoms with van der Waals surface area (Å²) in [6.45, 7) is 2.40. The first-order valence-electron chi connectivity index (χ1n) is 8.30. The molecule has 0 unspecified atom stereocenters. The molecule has 1 atom stereocenters. The fourth-order valence-corrected chi connectivity index (χ4v) is 3.29. The molecule has 25 heavy (non-hydrogen) atoms. The van der Waals surface area contributed by atoms with Gasteiger partial charge in [-0.05, 0) is 36.2 Å². The predicted molar refractivity (Wildman–Crippen MR) is 95.2 cm³/mol. The number of pyridine rings is 1. The van der Waals surface area contributed by atoms with Crippen LogP contribution in [0.25, 0.3) is 0 Å². The van der Waals surface area contributed by atoms with Crippen molar-refractivity contribution < 1.29 is 14.6 Å². The largest absolute Gasteiger partial charge is 0.497 e. The van der Waals surface area contributed by atoms with Crippen LogP contribution in [0.3, 0.4) is 0 Å². The zero-order valence-electron chi connectivity index (χ0n) is 14.4. The lowest BCUT2D eigenvalue weighted by atomic mass is 9.98. The normalized spacial score (nSPS) is 17.2. The van der Waals surface area contributed by atoms with Gasteiger partial charge in [0.05, 0.1) is 13.7 Å². The van der Waals surface area contributed by atoms with Crippen LogP contribution in [0.15, 0.2) is 41.3 Å². The quantitative estimate of drug-likeness (QED) is 0.897.